The van der Waals surface area contributed by atoms with E-state index in [0.29, 0.717) is 33.1 Å². The van der Waals surface area contributed by atoms with E-state index in [9.17, 15) is 11.0 Å². The van der Waals surface area contributed by atoms with Crippen LogP contribution >= 0.6 is 0 Å². The second-order valence-corrected chi connectivity index (χ2v) is 13.3. The van der Waals surface area contributed by atoms with Gasteiger partial charge in [0.1, 0.15) is 11.2 Å². The minimum atomic E-state index is -1.00. The van der Waals surface area contributed by atoms with Gasteiger partial charge in [0.25, 0.3) is 0 Å². The number of benzene rings is 10. The fourth-order valence-corrected chi connectivity index (χ4v) is 6.94. The molecule has 2 nitrogen and oxygen atoms in total. The minimum absolute atomic E-state index is 0.112. The zero-order valence-electron chi connectivity index (χ0n) is 56.9. The average Bonchev–Trinajstić information content (AvgIpc) is 1.18. The van der Waals surface area contributed by atoms with Crippen molar-refractivity contribution < 1.29 is 40.1 Å². The summed E-state index contributed by atoms with van der Waals surface area (Å²) in [5.41, 5.74) is -5.49. The Balaban J connectivity index is 1.17. The van der Waals surface area contributed by atoms with Gasteiger partial charge in [-0.1, -0.05) is 188 Å². The van der Waals surface area contributed by atoms with Gasteiger partial charge in [-0.05, 0) is 109 Å². The molecule has 0 N–H and O–H groups in total. The highest BCUT2D eigenvalue weighted by Crippen LogP contribution is 2.43. The zero-order valence-corrected chi connectivity index (χ0v) is 30.9. The van der Waals surface area contributed by atoms with Crippen LogP contribution in [0.25, 0.3) is 88.3 Å². The molecule has 0 atom stereocenters. The Morgan fingerprint density at radius 3 is 1.38 bits per heavy atom. The lowest BCUT2D eigenvalue weighted by Crippen LogP contribution is -2.10. The minimum Gasteiger partial charge on any atom is -0.455 e. The molecule has 0 aliphatic heterocycles. The van der Waals surface area contributed by atoms with Crippen LogP contribution in [0.15, 0.2) is 240 Å². The lowest BCUT2D eigenvalue weighted by Gasteiger charge is -2.26. The molecule has 0 aliphatic carbocycles. The first kappa shape index (κ1) is 17.5. The lowest BCUT2D eigenvalue weighted by molar-refractivity contribution is 0.673. The van der Waals surface area contributed by atoms with Crippen LogP contribution in [0.2, 0.25) is 0 Å². The highest BCUT2D eigenvalue weighted by molar-refractivity contribution is 6.19. The van der Waals surface area contributed by atoms with Crippen LogP contribution in [0.3, 0.4) is 0 Å². The molecule has 11 rings (SSSR count). The van der Waals surface area contributed by atoms with Crippen molar-refractivity contribution in [2.24, 2.45) is 0 Å². The third-order valence-corrected chi connectivity index (χ3v) is 9.72. The van der Waals surface area contributed by atoms with Gasteiger partial charge in [-0.15, -0.1) is 0 Å². The number of rotatable bonds is 8. The molecular formula is C58H39NO. The van der Waals surface area contributed by atoms with E-state index in [2.05, 4.69) is 0 Å². The monoisotopic (exact) mass is 791 g/mol. The van der Waals surface area contributed by atoms with E-state index in [1.165, 1.54) is 18.2 Å². The summed E-state index contributed by atoms with van der Waals surface area (Å²) >= 11 is 0. The molecule has 1 heterocycles. The summed E-state index contributed by atoms with van der Waals surface area (Å²) in [5.74, 6) is 0. The number of furan rings is 1. The summed E-state index contributed by atoms with van der Waals surface area (Å²) in [6.45, 7) is 0. The summed E-state index contributed by atoms with van der Waals surface area (Å²) in [7, 11) is 0. The molecule has 0 saturated carbocycles. The standard InChI is InChI=1S/C58H39NO/c1-3-11-40(12-4-1)42-21-25-44(26-22-42)46-29-34-50(35-30-46)59(51-36-31-47(32-37-51)45-27-23-43(24-28-45)41-13-5-2-6-14-41)52-17-9-16-49(39-52)53-19-10-20-56-57(53)55-38-33-48-15-7-8-18-54(48)58(55)60-56/h1-39H/i1D,2D,3D,4D,5D,6D,11D,12D,13D,14D,21D,22D,23D,24D,25D,26D,27D,28D,29D,30D,31D,32D,34D,35D,36D,37D. The Labute approximate surface area is 386 Å². The molecule has 1 aromatic heterocycles. The van der Waals surface area contributed by atoms with Crippen molar-refractivity contribution in [2.75, 3.05) is 4.90 Å². The molecular weight excluding hydrogens is 727 g/mol. The molecule has 0 fully saturated rings. The number of fused-ring (bicyclic) bond motifs is 5. The van der Waals surface area contributed by atoms with Gasteiger partial charge in [0.2, 0.25) is 0 Å². The number of nitrogens with zero attached hydrogens (tertiary/aromatic N) is 1. The van der Waals surface area contributed by atoms with Gasteiger partial charge in [0.15, 0.2) is 0 Å². The van der Waals surface area contributed by atoms with Gasteiger partial charge >= 0.3 is 0 Å². The van der Waals surface area contributed by atoms with Crippen molar-refractivity contribution in [3.05, 3.63) is 236 Å². The van der Waals surface area contributed by atoms with E-state index in [-0.39, 0.29) is 5.69 Å². The first-order valence-corrected chi connectivity index (χ1v) is 18.4. The first-order valence-electron chi connectivity index (χ1n) is 31.4. The molecule has 2 heteroatoms. The van der Waals surface area contributed by atoms with Crippen molar-refractivity contribution in [3.63, 3.8) is 0 Å². The maximum Gasteiger partial charge on any atom is 0.143 e. The maximum atomic E-state index is 9.71. The van der Waals surface area contributed by atoms with E-state index in [4.69, 9.17) is 29.1 Å². The van der Waals surface area contributed by atoms with Crippen LogP contribution < -0.4 is 4.90 Å². The predicted molar refractivity (Wildman–Crippen MR) is 253 cm³/mol. The van der Waals surface area contributed by atoms with Crippen LogP contribution in [0.1, 0.15) is 35.6 Å². The zero-order chi connectivity index (χ0) is 62.5. The summed E-state index contributed by atoms with van der Waals surface area (Å²) in [4.78, 5) is 0.909. The fourth-order valence-electron chi connectivity index (χ4n) is 6.94. The molecule has 0 unspecified atom stereocenters. The Bertz CT molecular complexity index is 4480. The summed E-state index contributed by atoms with van der Waals surface area (Å²) in [5, 5.41) is 3.09. The molecule has 0 aliphatic rings. The van der Waals surface area contributed by atoms with E-state index in [0.717, 1.165) is 15.7 Å². The van der Waals surface area contributed by atoms with Gasteiger partial charge in [0.05, 0.1) is 35.6 Å². The molecule has 282 valence electrons. The van der Waals surface area contributed by atoms with Crippen LogP contribution in [-0.4, -0.2) is 0 Å². The summed E-state index contributed by atoms with van der Waals surface area (Å²) in [6.07, 6.45) is 0. The Morgan fingerprint density at radius 2 is 0.833 bits per heavy atom. The van der Waals surface area contributed by atoms with Crippen molar-refractivity contribution in [3.8, 4) is 55.6 Å². The van der Waals surface area contributed by atoms with Gasteiger partial charge in [-0.2, -0.15) is 0 Å². The first-order chi connectivity index (χ1) is 40.6. The van der Waals surface area contributed by atoms with Crippen LogP contribution in [0.4, 0.5) is 17.1 Å². The smallest absolute Gasteiger partial charge is 0.143 e. The highest BCUT2D eigenvalue weighted by atomic mass is 16.3. The van der Waals surface area contributed by atoms with Crippen LogP contribution in [-0.2, 0) is 0 Å². The highest BCUT2D eigenvalue weighted by Gasteiger charge is 2.18. The van der Waals surface area contributed by atoms with E-state index in [1.54, 1.807) is 24.3 Å². The van der Waals surface area contributed by atoms with E-state index >= 15 is 0 Å². The van der Waals surface area contributed by atoms with Crippen molar-refractivity contribution >= 4 is 49.8 Å². The van der Waals surface area contributed by atoms with Crippen molar-refractivity contribution in [1.82, 2.24) is 0 Å². The normalized spacial score (nSPS) is 17.4. The molecule has 0 radical (unpaired) electrons. The number of anilines is 3. The van der Waals surface area contributed by atoms with Crippen LogP contribution in [0, 0.1) is 0 Å². The summed E-state index contributed by atoms with van der Waals surface area (Å²) < 4.78 is 239. The molecule has 0 spiro atoms. The Kier molecular flexibility index (Phi) is 4.40. The Morgan fingerprint density at radius 1 is 0.350 bits per heavy atom. The molecule has 60 heavy (non-hydrogen) atoms. The van der Waals surface area contributed by atoms with Gasteiger partial charge in [-0.3, -0.25) is 0 Å². The molecule has 11 aromatic rings. The summed E-state index contributed by atoms with van der Waals surface area (Å²) in [6, 6.07) is -1.19. The molecule has 10 aromatic carbocycles. The van der Waals surface area contributed by atoms with E-state index in [1.807, 2.05) is 36.4 Å². The fraction of sp³-hybridized carbons (Fsp3) is 0. The lowest BCUT2D eigenvalue weighted by atomic mass is 9.97. The quantitative estimate of drug-likeness (QED) is 0.152. The maximum absolute atomic E-state index is 9.71. The van der Waals surface area contributed by atoms with Gasteiger partial charge in [0, 0.05) is 33.2 Å². The Hall–Kier alpha value is -7.94. The molecule has 0 amide bonds. The number of hydrogen-bond acceptors (Lipinski definition) is 2. The van der Waals surface area contributed by atoms with Gasteiger partial charge < -0.3 is 9.32 Å². The van der Waals surface area contributed by atoms with Crippen LogP contribution in [0.5, 0.6) is 0 Å². The molecule has 0 bridgehead atoms. The average molecular weight is 792 g/mol. The van der Waals surface area contributed by atoms with Crippen molar-refractivity contribution in [2.45, 2.75) is 0 Å². The van der Waals surface area contributed by atoms with Gasteiger partial charge in [-0.25, -0.2) is 0 Å². The largest absolute Gasteiger partial charge is 0.455 e. The van der Waals surface area contributed by atoms with E-state index < -0.39 is 213 Å². The molecule has 0 saturated heterocycles. The topological polar surface area (TPSA) is 16.4 Å². The second kappa shape index (κ2) is 15.1. The SMILES string of the molecule is [2H]c1c([2H])c([2H])c(-c2c([2H])c([2H])c(-c3c([2H])c([2H])c(N(c4cccc(-c5cccc6oc7c8ccccc8ccc7c56)c4)c4c([2H])c([2H])c(-c5c([2H])c([2H])c(-c6c([2H])c([2H])c([2H])c([2H])c6[2H])c([2H])c5[2H])c([2H])c4[2H])c([2H])c3[2H])c([2H])c2[2H])c([2H])c1[2H]. The van der Waals surface area contributed by atoms with Crippen molar-refractivity contribution in [1.29, 1.82) is 0 Å². The third-order valence-electron chi connectivity index (χ3n) is 9.72. The number of hydrogen-bond donors (Lipinski definition) is 0. The predicted octanol–water partition coefficient (Wildman–Crippen LogP) is 16.5. The second-order valence-electron chi connectivity index (χ2n) is 13.3. The third kappa shape index (κ3) is 6.51.